The lowest BCUT2D eigenvalue weighted by Gasteiger charge is -2.34. The normalized spacial score (nSPS) is 14.5. The second kappa shape index (κ2) is 7.70. The molecule has 0 N–H and O–H groups in total. The van der Waals surface area contributed by atoms with Crippen LogP contribution in [0.3, 0.4) is 0 Å². The van der Waals surface area contributed by atoms with Crippen molar-refractivity contribution in [1.82, 2.24) is 14.4 Å². The third kappa shape index (κ3) is 3.23. The first kappa shape index (κ1) is 19.6. The maximum atomic E-state index is 13.2. The fraction of sp³-hybridized carbons (Fsp3) is 0.261. The zero-order chi connectivity index (χ0) is 21.5. The predicted octanol–water partition coefficient (Wildman–Crippen LogP) is 3.43. The SMILES string of the molecule is CCn1c(=O)c2cc(C(=O)N3CCN(C(=O)c4ccco4)CC3)sc2c2ccccc21. The van der Waals surface area contributed by atoms with Gasteiger partial charge in [-0.2, -0.15) is 0 Å². The molecule has 5 rings (SSSR count). The largest absolute Gasteiger partial charge is 0.459 e. The molecule has 2 amide bonds. The van der Waals surface area contributed by atoms with Crippen LogP contribution in [-0.2, 0) is 6.54 Å². The lowest BCUT2D eigenvalue weighted by atomic mass is 10.1. The van der Waals surface area contributed by atoms with Crippen molar-refractivity contribution in [2.24, 2.45) is 0 Å². The number of para-hydroxylation sites is 1. The molecule has 31 heavy (non-hydrogen) atoms. The van der Waals surface area contributed by atoms with Crippen LogP contribution < -0.4 is 5.56 Å². The Morgan fingerprint density at radius 2 is 1.68 bits per heavy atom. The highest BCUT2D eigenvalue weighted by atomic mass is 32.1. The molecule has 4 aromatic rings. The number of hydrogen-bond donors (Lipinski definition) is 0. The van der Waals surface area contributed by atoms with E-state index in [0.717, 1.165) is 15.6 Å². The minimum Gasteiger partial charge on any atom is -0.459 e. The number of hydrogen-bond acceptors (Lipinski definition) is 5. The van der Waals surface area contributed by atoms with E-state index in [1.165, 1.54) is 17.6 Å². The standard InChI is InChI=1S/C23H21N3O4S/c1-2-26-17-7-4-3-6-15(17)20-16(21(26)27)14-19(31-20)23(29)25-11-9-24(10-12-25)22(28)18-8-5-13-30-18/h3-8,13-14H,2,9-12H2,1H3. The van der Waals surface area contributed by atoms with Crippen LogP contribution in [0.25, 0.3) is 21.0 Å². The molecule has 0 radical (unpaired) electrons. The van der Waals surface area contributed by atoms with Crippen molar-refractivity contribution >= 4 is 44.1 Å². The van der Waals surface area contributed by atoms with Crippen molar-refractivity contribution in [3.63, 3.8) is 0 Å². The van der Waals surface area contributed by atoms with Gasteiger partial charge in [0.2, 0.25) is 0 Å². The molecular formula is C23H21N3O4S. The second-order valence-electron chi connectivity index (χ2n) is 7.48. The lowest BCUT2D eigenvalue weighted by Crippen LogP contribution is -2.50. The van der Waals surface area contributed by atoms with Crippen LogP contribution in [0, 0.1) is 0 Å². The molecule has 1 saturated heterocycles. The Hall–Kier alpha value is -3.39. The van der Waals surface area contributed by atoms with E-state index >= 15 is 0 Å². The Balaban J connectivity index is 1.42. The minimum absolute atomic E-state index is 0.0691. The highest BCUT2D eigenvalue weighted by Gasteiger charge is 2.28. The molecule has 0 saturated carbocycles. The molecule has 0 bridgehead atoms. The van der Waals surface area contributed by atoms with Crippen molar-refractivity contribution in [3.05, 3.63) is 69.7 Å². The molecule has 8 heteroatoms. The van der Waals surface area contributed by atoms with Crippen LogP contribution in [0.4, 0.5) is 0 Å². The fourth-order valence-electron chi connectivity index (χ4n) is 4.15. The zero-order valence-electron chi connectivity index (χ0n) is 17.0. The van der Waals surface area contributed by atoms with Crippen LogP contribution in [-0.4, -0.2) is 52.4 Å². The van der Waals surface area contributed by atoms with Crippen LogP contribution >= 0.6 is 11.3 Å². The van der Waals surface area contributed by atoms with Crippen LogP contribution in [0.15, 0.2) is 57.9 Å². The van der Waals surface area contributed by atoms with Crippen molar-refractivity contribution in [3.8, 4) is 0 Å². The minimum atomic E-state index is -0.162. The van der Waals surface area contributed by atoms with E-state index in [4.69, 9.17) is 4.42 Å². The number of piperazine rings is 1. The maximum Gasteiger partial charge on any atom is 0.289 e. The number of carbonyl (C=O) groups excluding carboxylic acids is 2. The molecule has 1 aliphatic rings. The first-order valence-electron chi connectivity index (χ1n) is 10.3. The van der Waals surface area contributed by atoms with Crippen molar-refractivity contribution in [2.75, 3.05) is 26.2 Å². The summed E-state index contributed by atoms with van der Waals surface area (Å²) < 4.78 is 7.78. The highest BCUT2D eigenvalue weighted by molar-refractivity contribution is 7.21. The number of carbonyl (C=O) groups is 2. The molecule has 3 aromatic heterocycles. The van der Waals surface area contributed by atoms with Crippen LogP contribution in [0.5, 0.6) is 0 Å². The summed E-state index contributed by atoms with van der Waals surface area (Å²) in [5.41, 5.74) is 0.814. The average Bonchev–Trinajstić information content (AvgIpc) is 3.49. The molecule has 1 fully saturated rings. The summed E-state index contributed by atoms with van der Waals surface area (Å²) in [6.07, 6.45) is 1.48. The van der Waals surface area contributed by atoms with Crippen molar-refractivity contribution in [2.45, 2.75) is 13.5 Å². The summed E-state index contributed by atoms with van der Waals surface area (Å²) in [5.74, 6) is 0.0479. The van der Waals surface area contributed by atoms with E-state index in [9.17, 15) is 14.4 Å². The van der Waals surface area contributed by atoms with Gasteiger partial charge in [-0.25, -0.2) is 0 Å². The second-order valence-corrected chi connectivity index (χ2v) is 8.53. The van der Waals surface area contributed by atoms with E-state index in [1.807, 2.05) is 31.2 Å². The summed E-state index contributed by atoms with van der Waals surface area (Å²) in [5, 5.41) is 1.57. The lowest BCUT2D eigenvalue weighted by molar-refractivity contribution is 0.0520. The summed E-state index contributed by atoms with van der Waals surface area (Å²) in [4.78, 5) is 42.6. The number of fused-ring (bicyclic) bond motifs is 3. The molecular weight excluding hydrogens is 414 g/mol. The molecule has 1 aliphatic heterocycles. The third-order valence-electron chi connectivity index (χ3n) is 5.76. The van der Waals surface area contributed by atoms with E-state index in [2.05, 4.69) is 0 Å². The first-order valence-corrected chi connectivity index (χ1v) is 11.1. The molecule has 0 atom stereocenters. The smallest absolute Gasteiger partial charge is 0.289 e. The number of aryl methyl sites for hydroxylation is 1. The first-order chi connectivity index (χ1) is 15.1. The average molecular weight is 436 g/mol. The number of rotatable bonds is 3. The van der Waals surface area contributed by atoms with Crippen molar-refractivity contribution in [1.29, 1.82) is 0 Å². The molecule has 0 spiro atoms. The number of amides is 2. The summed E-state index contributed by atoms with van der Waals surface area (Å²) in [6, 6.07) is 12.9. The van der Waals surface area contributed by atoms with E-state index in [-0.39, 0.29) is 17.4 Å². The number of pyridine rings is 1. The Morgan fingerprint density at radius 1 is 0.968 bits per heavy atom. The van der Waals surface area contributed by atoms with Gasteiger partial charge in [-0.3, -0.25) is 14.4 Å². The zero-order valence-corrected chi connectivity index (χ0v) is 17.9. The molecule has 7 nitrogen and oxygen atoms in total. The van der Waals surface area contributed by atoms with Gasteiger partial charge < -0.3 is 18.8 Å². The number of aromatic nitrogens is 1. The monoisotopic (exact) mass is 435 g/mol. The molecule has 1 aromatic carbocycles. The number of thiophene rings is 1. The van der Waals surface area contributed by atoms with E-state index in [1.54, 1.807) is 32.6 Å². The molecule has 0 unspecified atom stereocenters. The van der Waals surface area contributed by atoms with Gasteiger partial charge in [0.1, 0.15) is 0 Å². The summed E-state index contributed by atoms with van der Waals surface area (Å²) in [6.45, 7) is 4.30. The van der Waals surface area contributed by atoms with Crippen LogP contribution in [0.2, 0.25) is 0 Å². The number of nitrogens with zero attached hydrogens (tertiary/aromatic N) is 3. The molecule has 4 heterocycles. The van der Waals surface area contributed by atoms with Crippen molar-refractivity contribution < 1.29 is 14.0 Å². The van der Waals surface area contributed by atoms with Gasteiger partial charge in [0, 0.05) is 42.8 Å². The predicted molar refractivity (Wildman–Crippen MR) is 120 cm³/mol. The maximum absolute atomic E-state index is 13.2. The van der Waals surface area contributed by atoms with Gasteiger partial charge in [-0.05, 0) is 31.2 Å². The topological polar surface area (TPSA) is 75.8 Å². The number of furan rings is 1. The van der Waals surface area contributed by atoms with Gasteiger partial charge in [0.05, 0.1) is 22.0 Å². The fourth-order valence-corrected chi connectivity index (χ4v) is 5.30. The van der Waals surface area contributed by atoms with Crippen LogP contribution in [0.1, 0.15) is 27.2 Å². The van der Waals surface area contributed by atoms with Gasteiger partial charge in [-0.1, -0.05) is 18.2 Å². The van der Waals surface area contributed by atoms with Gasteiger partial charge in [0.15, 0.2) is 5.76 Å². The number of benzene rings is 1. The molecule has 158 valence electrons. The Labute approximate surface area is 182 Å². The van der Waals surface area contributed by atoms with Gasteiger partial charge in [0.25, 0.3) is 17.4 Å². The quantitative estimate of drug-likeness (QED) is 0.494. The Morgan fingerprint density at radius 3 is 2.35 bits per heavy atom. The highest BCUT2D eigenvalue weighted by Crippen LogP contribution is 2.31. The van der Waals surface area contributed by atoms with Gasteiger partial charge in [-0.15, -0.1) is 11.3 Å². The summed E-state index contributed by atoms with van der Waals surface area (Å²) in [7, 11) is 0. The Bertz CT molecular complexity index is 1340. The van der Waals surface area contributed by atoms with E-state index in [0.29, 0.717) is 48.7 Å². The van der Waals surface area contributed by atoms with E-state index < -0.39 is 0 Å². The Kier molecular flexibility index (Phi) is 4.86. The van der Waals surface area contributed by atoms with Gasteiger partial charge >= 0.3 is 0 Å². The molecule has 0 aliphatic carbocycles. The third-order valence-corrected chi connectivity index (χ3v) is 6.92. The summed E-state index contributed by atoms with van der Waals surface area (Å²) >= 11 is 1.37.